The molecule has 1 heterocycles. The van der Waals surface area contributed by atoms with Gasteiger partial charge >= 0.3 is 12.1 Å². The number of anilines is 1. The number of hydrogen-bond donors (Lipinski definition) is 0. The molecule has 0 atom stereocenters. The predicted octanol–water partition coefficient (Wildman–Crippen LogP) is 1.67. The maximum Gasteiger partial charge on any atom is 0.471 e. The van der Waals surface area contributed by atoms with Crippen LogP contribution in [0.1, 0.15) is 0 Å². The number of carbonyl (C=O) groups is 1. The number of aromatic nitrogens is 1. The first-order valence-electron chi connectivity index (χ1n) is 3.17. The van der Waals surface area contributed by atoms with Gasteiger partial charge in [-0.15, -0.1) is 11.3 Å². The van der Waals surface area contributed by atoms with E-state index in [1.807, 2.05) is 0 Å². The SMILES string of the molecule is CN(C(=O)C(F)(F)F)c1nccs1. The molecule has 0 N–H and O–H groups in total. The van der Waals surface area contributed by atoms with Crippen molar-refractivity contribution in [3.05, 3.63) is 11.6 Å². The lowest BCUT2D eigenvalue weighted by molar-refractivity contribution is -0.170. The molecule has 0 aliphatic heterocycles. The minimum absolute atomic E-state index is 0.0299. The van der Waals surface area contributed by atoms with E-state index in [2.05, 4.69) is 4.98 Å². The van der Waals surface area contributed by atoms with Crippen molar-refractivity contribution in [2.24, 2.45) is 0 Å². The molecule has 0 aromatic carbocycles. The monoisotopic (exact) mass is 210 g/mol. The Balaban J connectivity index is 2.81. The molecule has 0 unspecified atom stereocenters. The normalized spacial score (nSPS) is 11.4. The van der Waals surface area contributed by atoms with Gasteiger partial charge in [-0.2, -0.15) is 13.2 Å². The molecular weight excluding hydrogens is 205 g/mol. The summed E-state index contributed by atoms with van der Waals surface area (Å²) in [7, 11) is 1.04. The van der Waals surface area contributed by atoms with Crippen LogP contribution in [0.3, 0.4) is 0 Å². The van der Waals surface area contributed by atoms with E-state index in [-0.39, 0.29) is 5.13 Å². The van der Waals surface area contributed by atoms with Gasteiger partial charge in [-0.1, -0.05) is 0 Å². The van der Waals surface area contributed by atoms with Crippen LogP contribution in [-0.4, -0.2) is 24.1 Å². The van der Waals surface area contributed by atoms with Crippen molar-refractivity contribution < 1.29 is 18.0 Å². The van der Waals surface area contributed by atoms with Crippen molar-refractivity contribution in [3.8, 4) is 0 Å². The third kappa shape index (κ3) is 2.18. The predicted molar refractivity (Wildman–Crippen MR) is 41.6 cm³/mol. The van der Waals surface area contributed by atoms with E-state index < -0.39 is 12.1 Å². The number of nitrogens with zero attached hydrogens (tertiary/aromatic N) is 2. The first kappa shape index (κ1) is 9.97. The van der Waals surface area contributed by atoms with Crippen LogP contribution in [0.4, 0.5) is 18.3 Å². The van der Waals surface area contributed by atoms with E-state index in [4.69, 9.17) is 0 Å². The molecule has 1 rings (SSSR count). The summed E-state index contributed by atoms with van der Waals surface area (Å²) in [6.07, 6.45) is -3.51. The Morgan fingerprint density at radius 2 is 2.23 bits per heavy atom. The van der Waals surface area contributed by atoms with Crippen molar-refractivity contribution in [2.75, 3.05) is 11.9 Å². The van der Waals surface area contributed by atoms with Crippen LogP contribution < -0.4 is 4.90 Å². The van der Waals surface area contributed by atoms with Gasteiger partial charge in [-0.25, -0.2) is 4.98 Å². The molecule has 0 fully saturated rings. The van der Waals surface area contributed by atoms with Crippen LogP contribution in [0.5, 0.6) is 0 Å². The van der Waals surface area contributed by atoms with Gasteiger partial charge in [0.05, 0.1) is 0 Å². The minimum atomic E-state index is -4.85. The van der Waals surface area contributed by atoms with Gasteiger partial charge in [0.25, 0.3) is 0 Å². The zero-order chi connectivity index (χ0) is 10.1. The Bertz CT molecular complexity index is 295. The van der Waals surface area contributed by atoms with Gasteiger partial charge in [-0.05, 0) is 0 Å². The second-order valence-electron chi connectivity index (χ2n) is 2.18. The smallest absolute Gasteiger partial charge is 0.283 e. The van der Waals surface area contributed by atoms with E-state index in [9.17, 15) is 18.0 Å². The third-order valence-corrected chi connectivity index (χ3v) is 2.10. The zero-order valence-electron chi connectivity index (χ0n) is 6.50. The van der Waals surface area contributed by atoms with Crippen LogP contribution in [0, 0.1) is 0 Å². The molecule has 72 valence electrons. The average Bonchev–Trinajstić information content (AvgIpc) is 2.51. The summed E-state index contributed by atoms with van der Waals surface area (Å²) in [5.41, 5.74) is 0. The average molecular weight is 210 g/mol. The molecule has 0 saturated heterocycles. The van der Waals surface area contributed by atoms with Crippen LogP contribution in [0.15, 0.2) is 11.6 Å². The second-order valence-corrected chi connectivity index (χ2v) is 3.05. The quantitative estimate of drug-likeness (QED) is 0.706. The molecule has 1 amide bonds. The van der Waals surface area contributed by atoms with Gasteiger partial charge in [0.15, 0.2) is 5.13 Å². The Kier molecular flexibility index (Phi) is 2.55. The summed E-state index contributed by atoms with van der Waals surface area (Å²) in [5, 5.41) is 1.53. The van der Waals surface area contributed by atoms with Gasteiger partial charge < -0.3 is 0 Å². The summed E-state index contributed by atoms with van der Waals surface area (Å²) >= 11 is 0.969. The third-order valence-electron chi connectivity index (χ3n) is 1.25. The molecule has 0 bridgehead atoms. The lowest BCUT2D eigenvalue weighted by atomic mass is 10.5. The molecule has 1 aromatic heterocycles. The highest BCUT2D eigenvalue weighted by Crippen LogP contribution is 2.23. The van der Waals surface area contributed by atoms with Crippen molar-refractivity contribution in [3.63, 3.8) is 0 Å². The lowest BCUT2D eigenvalue weighted by Crippen LogP contribution is -2.38. The van der Waals surface area contributed by atoms with Crippen LogP contribution >= 0.6 is 11.3 Å². The van der Waals surface area contributed by atoms with Crippen molar-refractivity contribution in [2.45, 2.75) is 6.18 Å². The topological polar surface area (TPSA) is 33.2 Å². The number of thiazole rings is 1. The Morgan fingerprint density at radius 1 is 1.62 bits per heavy atom. The molecule has 1 aromatic rings. The Hall–Kier alpha value is -1.11. The first-order valence-corrected chi connectivity index (χ1v) is 4.05. The van der Waals surface area contributed by atoms with Crippen LogP contribution in [0.25, 0.3) is 0 Å². The molecule has 0 saturated carbocycles. The van der Waals surface area contributed by atoms with E-state index in [1.54, 1.807) is 0 Å². The molecular formula is C6H5F3N2OS. The highest BCUT2D eigenvalue weighted by molar-refractivity contribution is 7.13. The maximum atomic E-state index is 11.9. The summed E-state index contributed by atoms with van der Waals surface area (Å²) in [6.45, 7) is 0. The van der Waals surface area contributed by atoms with E-state index in [0.717, 1.165) is 18.4 Å². The van der Waals surface area contributed by atoms with Crippen molar-refractivity contribution in [1.82, 2.24) is 4.98 Å². The molecule has 0 aliphatic rings. The highest BCUT2D eigenvalue weighted by Gasteiger charge is 2.42. The Labute approximate surface area is 75.8 Å². The number of alkyl halides is 3. The van der Waals surface area contributed by atoms with Crippen molar-refractivity contribution >= 4 is 22.4 Å². The van der Waals surface area contributed by atoms with Gasteiger partial charge in [0.2, 0.25) is 0 Å². The van der Waals surface area contributed by atoms with Gasteiger partial charge in [-0.3, -0.25) is 9.69 Å². The molecule has 0 radical (unpaired) electrons. The van der Waals surface area contributed by atoms with E-state index >= 15 is 0 Å². The van der Waals surface area contributed by atoms with Crippen molar-refractivity contribution in [1.29, 1.82) is 0 Å². The maximum absolute atomic E-state index is 11.9. The minimum Gasteiger partial charge on any atom is -0.283 e. The Morgan fingerprint density at radius 3 is 2.62 bits per heavy atom. The fraction of sp³-hybridized carbons (Fsp3) is 0.333. The fourth-order valence-electron chi connectivity index (χ4n) is 0.659. The number of rotatable bonds is 1. The number of hydrogen-bond acceptors (Lipinski definition) is 3. The molecule has 3 nitrogen and oxygen atoms in total. The summed E-state index contributed by atoms with van der Waals surface area (Å²) in [4.78, 5) is 14.7. The summed E-state index contributed by atoms with van der Waals surface area (Å²) in [5.74, 6) is -1.91. The summed E-state index contributed by atoms with van der Waals surface area (Å²) < 4.78 is 35.6. The summed E-state index contributed by atoms with van der Waals surface area (Å²) in [6, 6.07) is 0. The largest absolute Gasteiger partial charge is 0.471 e. The van der Waals surface area contributed by atoms with Gasteiger partial charge in [0.1, 0.15) is 0 Å². The molecule has 7 heteroatoms. The zero-order valence-corrected chi connectivity index (χ0v) is 7.32. The lowest BCUT2D eigenvalue weighted by Gasteiger charge is -2.14. The number of carbonyl (C=O) groups excluding carboxylic acids is 1. The standard InChI is InChI=1S/C6H5F3N2OS/c1-11(4(12)6(7,8)9)5-10-2-3-13-5/h2-3H,1H3. The molecule has 0 spiro atoms. The van der Waals surface area contributed by atoms with E-state index in [0.29, 0.717) is 4.90 Å². The molecule has 13 heavy (non-hydrogen) atoms. The fourth-order valence-corrected chi connectivity index (χ4v) is 1.26. The molecule has 0 aliphatic carbocycles. The second kappa shape index (κ2) is 3.33. The van der Waals surface area contributed by atoms with E-state index in [1.165, 1.54) is 11.6 Å². The van der Waals surface area contributed by atoms with Gasteiger partial charge in [0, 0.05) is 18.6 Å². The number of halogens is 3. The first-order chi connectivity index (χ1) is 5.93. The van der Waals surface area contributed by atoms with Crippen LogP contribution in [0.2, 0.25) is 0 Å². The van der Waals surface area contributed by atoms with Crippen LogP contribution in [-0.2, 0) is 4.79 Å². The highest BCUT2D eigenvalue weighted by atomic mass is 32.1. The number of amides is 1.